The molecule has 0 atom stereocenters. The summed E-state index contributed by atoms with van der Waals surface area (Å²) in [5, 5.41) is 10.1. The molecule has 2 aromatic carbocycles. The molecule has 0 fully saturated rings. The summed E-state index contributed by atoms with van der Waals surface area (Å²) in [6.07, 6.45) is 0.0208. The third-order valence-electron chi connectivity index (χ3n) is 2.75. The van der Waals surface area contributed by atoms with Crippen LogP contribution in [-0.4, -0.2) is 11.1 Å². The maximum atomic E-state index is 10.9. The molecule has 0 amide bonds. The lowest BCUT2D eigenvalue weighted by Crippen LogP contribution is -2.02. The number of thioether (sulfide) groups is 1. The summed E-state index contributed by atoms with van der Waals surface area (Å²) in [5.74, 6) is -0.203. The molecular weight excluding hydrogens is 315 g/mol. The van der Waals surface area contributed by atoms with Gasteiger partial charge in [-0.25, -0.2) is 0 Å². The van der Waals surface area contributed by atoms with Crippen molar-refractivity contribution in [2.24, 2.45) is 0 Å². The number of carboxylic acids is 1. The molecule has 2 aromatic rings. The number of carboxylic acid groups (broad SMARTS) is 1. The van der Waals surface area contributed by atoms with Gasteiger partial charge in [-0.2, -0.15) is 0 Å². The average Bonchev–Trinajstić information content (AvgIpc) is 2.39. The van der Waals surface area contributed by atoms with Gasteiger partial charge in [0.2, 0.25) is 0 Å². The Morgan fingerprint density at radius 2 is 1.60 bits per heavy atom. The molecule has 0 aromatic heterocycles. The lowest BCUT2D eigenvalue weighted by atomic mass is 10.1. The van der Waals surface area contributed by atoms with Crippen LogP contribution >= 0.6 is 35.0 Å². The van der Waals surface area contributed by atoms with E-state index in [9.17, 15) is 4.79 Å². The summed E-state index contributed by atoms with van der Waals surface area (Å²) in [7, 11) is 0. The largest absolute Gasteiger partial charge is 0.481 e. The second-order valence-corrected chi connectivity index (χ2v) is 5.98. The van der Waals surface area contributed by atoms with E-state index in [4.69, 9.17) is 28.3 Å². The second kappa shape index (κ2) is 7.02. The zero-order chi connectivity index (χ0) is 14.5. The molecule has 5 heteroatoms. The zero-order valence-corrected chi connectivity index (χ0v) is 12.8. The fourth-order valence-corrected chi connectivity index (χ4v) is 3.52. The number of rotatable bonds is 5. The molecule has 104 valence electrons. The van der Waals surface area contributed by atoms with Gasteiger partial charge in [-0.3, -0.25) is 4.79 Å². The Morgan fingerprint density at radius 3 is 2.20 bits per heavy atom. The summed E-state index contributed by atoms with van der Waals surface area (Å²) in [6.45, 7) is 0. The van der Waals surface area contributed by atoms with Gasteiger partial charge in [0, 0.05) is 10.6 Å². The van der Waals surface area contributed by atoms with Gasteiger partial charge < -0.3 is 5.11 Å². The molecule has 0 aliphatic heterocycles. The minimum absolute atomic E-state index is 0.0208. The number of aliphatic carboxylic acids is 1. The zero-order valence-electron chi connectivity index (χ0n) is 10.5. The molecule has 2 nitrogen and oxygen atoms in total. The molecule has 0 saturated carbocycles. The van der Waals surface area contributed by atoms with Gasteiger partial charge >= 0.3 is 5.97 Å². The van der Waals surface area contributed by atoms with Crippen molar-refractivity contribution in [2.75, 3.05) is 0 Å². The van der Waals surface area contributed by atoms with E-state index in [1.54, 1.807) is 18.2 Å². The lowest BCUT2D eigenvalue weighted by Gasteiger charge is -2.09. The van der Waals surface area contributed by atoms with Gasteiger partial charge in [0.25, 0.3) is 0 Å². The summed E-state index contributed by atoms with van der Waals surface area (Å²) < 4.78 is 0. The van der Waals surface area contributed by atoms with Crippen molar-refractivity contribution in [1.82, 2.24) is 0 Å². The molecule has 2 rings (SSSR count). The molecule has 0 aliphatic rings. The van der Waals surface area contributed by atoms with E-state index >= 15 is 0 Å². The van der Waals surface area contributed by atoms with E-state index in [1.807, 2.05) is 24.3 Å². The van der Waals surface area contributed by atoms with Crippen molar-refractivity contribution in [2.45, 2.75) is 17.1 Å². The predicted octanol–water partition coefficient (Wildman–Crippen LogP) is 4.91. The minimum atomic E-state index is -0.835. The van der Waals surface area contributed by atoms with Gasteiger partial charge in [-0.1, -0.05) is 53.5 Å². The van der Waals surface area contributed by atoms with Crippen molar-refractivity contribution in [3.63, 3.8) is 0 Å². The molecule has 20 heavy (non-hydrogen) atoms. The molecule has 0 radical (unpaired) electrons. The Kier molecular flexibility index (Phi) is 5.35. The molecule has 0 spiro atoms. The van der Waals surface area contributed by atoms with Gasteiger partial charge in [-0.05, 0) is 23.3 Å². The van der Waals surface area contributed by atoms with E-state index in [-0.39, 0.29) is 6.42 Å². The van der Waals surface area contributed by atoms with Crippen molar-refractivity contribution in [3.05, 3.63) is 63.6 Å². The van der Waals surface area contributed by atoms with Crippen molar-refractivity contribution >= 4 is 40.9 Å². The molecule has 0 aliphatic carbocycles. The Balaban J connectivity index is 2.17. The van der Waals surface area contributed by atoms with Crippen molar-refractivity contribution < 1.29 is 9.90 Å². The van der Waals surface area contributed by atoms with Crippen LogP contribution in [0.25, 0.3) is 0 Å². The molecule has 1 N–H and O–H groups in total. The monoisotopic (exact) mass is 326 g/mol. The van der Waals surface area contributed by atoms with Crippen LogP contribution in [0.2, 0.25) is 10.0 Å². The highest BCUT2D eigenvalue weighted by Gasteiger charge is 2.10. The standard InChI is InChI=1S/C15H12Cl2O2S/c16-12-6-3-7-13(17)15(12)20-9-11-5-2-1-4-10(11)8-14(18)19/h1-7H,8-9H2,(H,18,19). The number of halogens is 2. The maximum absolute atomic E-state index is 10.9. The van der Waals surface area contributed by atoms with Gasteiger partial charge in [0.1, 0.15) is 0 Å². The normalized spacial score (nSPS) is 10.5. The van der Waals surface area contributed by atoms with Gasteiger partial charge in [0.15, 0.2) is 0 Å². The van der Waals surface area contributed by atoms with Crippen LogP contribution in [0.5, 0.6) is 0 Å². The quantitative estimate of drug-likeness (QED) is 0.793. The van der Waals surface area contributed by atoms with Crippen LogP contribution in [-0.2, 0) is 17.0 Å². The van der Waals surface area contributed by atoms with E-state index < -0.39 is 5.97 Å². The van der Waals surface area contributed by atoms with Crippen molar-refractivity contribution in [1.29, 1.82) is 0 Å². The fourth-order valence-electron chi connectivity index (χ4n) is 1.80. The summed E-state index contributed by atoms with van der Waals surface area (Å²) in [4.78, 5) is 11.7. The van der Waals surface area contributed by atoms with Gasteiger partial charge in [-0.15, -0.1) is 11.8 Å². The Bertz CT molecular complexity index is 609. The molecule has 0 bridgehead atoms. The second-order valence-electron chi connectivity index (χ2n) is 4.18. The first-order valence-electron chi connectivity index (χ1n) is 5.93. The first-order valence-corrected chi connectivity index (χ1v) is 7.67. The first kappa shape index (κ1) is 15.2. The predicted molar refractivity (Wildman–Crippen MR) is 83.8 cm³/mol. The Hall–Kier alpha value is -1.16. The van der Waals surface area contributed by atoms with E-state index in [0.29, 0.717) is 15.8 Å². The highest BCUT2D eigenvalue weighted by Crippen LogP contribution is 2.36. The highest BCUT2D eigenvalue weighted by molar-refractivity contribution is 7.98. The minimum Gasteiger partial charge on any atom is -0.481 e. The maximum Gasteiger partial charge on any atom is 0.307 e. The first-order chi connectivity index (χ1) is 9.58. The number of carbonyl (C=O) groups is 1. The van der Waals surface area contributed by atoms with Crippen LogP contribution in [0.3, 0.4) is 0 Å². The third-order valence-corrected chi connectivity index (χ3v) is 4.79. The van der Waals surface area contributed by atoms with Crippen LogP contribution in [0.15, 0.2) is 47.4 Å². The average molecular weight is 327 g/mol. The molecule has 0 unspecified atom stereocenters. The molecule has 0 heterocycles. The van der Waals surface area contributed by atoms with E-state index in [1.165, 1.54) is 11.8 Å². The Labute approximate surface area is 131 Å². The van der Waals surface area contributed by atoms with Crippen LogP contribution in [0.1, 0.15) is 11.1 Å². The fraction of sp³-hybridized carbons (Fsp3) is 0.133. The summed E-state index contributed by atoms with van der Waals surface area (Å²) in [6, 6.07) is 12.9. The number of hydrogen-bond acceptors (Lipinski definition) is 2. The lowest BCUT2D eigenvalue weighted by molar-refractivity contribution is -0.136. The summed E-state index contributed by atoms with van der Waals surface area (Å²) in [5.41, 5.74) is 1.80. The van der Waals surface area contributed by atoms with Crippen LogP contribution in [0, 0.1) is 0 Å². The van der Waals surface area contributed by atoms with Crippen LogP contribution < -0.4 is 0 Å². The van der Waals surface area contributed by atoms with Crippen LogP contribution in [0.4, 0.5) is 0 Å². The topological polar surface area (TPSA) is 37.3 Å². The number of hydrogen-bond donors (Lipinski definition) is 1. The Morgan fingerprint density at radius 1 is 1.00 bits per heavy atom. The number of benzene rings is 2. The smallest absolute Gasteiger partial charge is 0.307 e. The van der Waals surface area contributed by atoms with Crippen molar-refractivity contribution in [3.8, 4) is 0 Å². The van der Waals surface area contributed by atoms with E-state index in [0.717, 1.165) is 16.0 Å². The SMILES string of the molecule is O=C(O)Cc1ccccc1CSc1c(Cl)cccc1Cl. The summed E-state index contributed by atoms with van der Waals surface area (Å²) >= 11 is 13.8. The van der Waals surface area contributed by atoms with E-state index in [2.05, 4.69) is 0 Å². The van der Waals surface area contributed by atoms with Gasteiger partial charge in [0.05, 0.1) is 16.5 Å². The molecule has 0 saturated heterocycles. The third kappa shape index (κ3) is 3.92. The highest BCUT2D eigenvalue weighted by atomic mass is 35.5. The molecular formula is C15H12Cl2O2S.